The van der Waals surface area contributed by atoms with E-state index in [0.717, 1.165) is 12.1 Å². The molecular formula is C17H17FN2O4. The molecule has 1 saturated heterocycles. The molecule has 0 aliphatic carbocycles. The van der Waals surface area contributed by atoms with E-state index in [1.807, 2.05) is 4.90 Å². The number of likely N-dealkylation sites (tertiary alicyclic amines) is 1. The number of aliphatic hydroxyl groups is 1. The lowest BCUT2D eigenvalue weighted by Crippen LogP contribution is -2.21. The van der Waals surface area contributed by atoms with Crippen LogP contribution >= 0.6 is 0 Å². The van der Waals surface area contributed by atoms with Gasteiger partial charge in [0.25, 0.3) is 0 Å². The van der Waals surface area contributed by atoms with Crippen LogP contribution in [0.5, 0.6) is 11.5 Å². The van der Waals surface area contributed by atoms with Gasteiger partial charge in [0.15, 0.2) is 0 Å². The Kier molecular flexibility index (Phi) is 4.73. The first-order chi connectivity index (χ1) is 11.5. The molecule has 6 nitrogen and oxygen atoms in total. The zero-order valence-electron chi connectivity index (χ0n) is 12.9. The van der Waals surface area contributed by atoms with E-state index < -0.39 is 10.7 Å². The summed E-state index contributed by atoms with van der Waals surface area (Å²) >= 11 is 0. The number of nitro groups is 1. The number of benzene rings is 2. The van der Waals surface area contributed by atoms with E-state index in [1.165, 1.54) is 30.3 Å². The summed E-state index contributed by atoms with van der Waals surface area (Å²) in [6.45, 7) is 1.87. The van der Waals surface area contributed by atoms with Crippen LogP contribution < -0.4 is 4.74 Å². The van der Waals surface area contributed by atoms with Crippen molar-refractivity contribution in [3.05, 3.63) is 64.0 Å². The Bertz CT molecular complexity index is 736. The average Bonchev–Trinajstić information content (AvgIpc) is 2.96. The number of hydrogen-bond acceptors (Lipinski definition) is 5. The fraction of sp³-hybridized carbons (Fsp3) is 0.294. The minimum atomic E-state index is -0.499. The lowest BCUT2D eigenvalue weighted by Gasteiger charge is -2.15. The molecule has 0 amide bonds. The molecule has 2 aromatic rings. The van der Waals surface area contributed by atoms with Crippen LogP contribution in [0.1, 0.15) is 12.0 Å². The summed E-state index contributed by atoms with van der Waals surface area (Å²) in [6.07, 6.45) is 0.384. The summed E-state index contributed by atoms with van der Waals surface area (Å²) in [5, 5.41) is 20.9. The molecule has 2 aromatic carbocycles. The molecular weight excluding hydrogens is 315 g/mol. The fourth-order valence-corrected chi connectivity index (χ4v) is 2.73. The lowest BCUT2D eigenvalue weighted by atomic mass is 10.1. The molecule has 24 heavy (non-hydrogen) atoms. The maximum Gasteiger partial charge on any atom is 0.311 e. The van der Waals surface area contributed by atoms with Crippen LogP contribution in [0.4, 0.5) is 10.1 Å². The summed E-state index contributed by atoms with van der Waals surface area (Å²) in [5.74, 6) is 0.0340. The predicted molar refractivity (Wildman–Crippen MR) is 85.5 cm³/mol. The molecule has 0 bridgehead atoms. The molecule has 0 radical (unpaired) electrons. The first-order valence-electron chi connectivity index (χ1n) is 7.62. The number of aliphatic hydroxyl groups excluding tert-OH is 1. The maximum absolute atomic E-state index is 12.9. The molecule has 0 saturated carbocycles. The van der Waals surface area contributed by atoms with Crippen LogP contribution in [0, 0.1) is 15.9 Å². The monoisotopic (exact) mass is 332 g/mol. The highest BCUT2D eigenvalue weighted by molar-refractivity contribution is 5.50. The number of nitro benzene ring substituents is 1. The highest BCUT2D eigenvalue weighted by Crippen LogP contribution is 2.32. The normalized spacial score (nSPS) is 17.8. The van der Waals surface area contributed by atoms with Crippen molar-refractivity contribution in [2.24, 2.45) is 0 Å². The second-order valence-electron chi connectivity index (χ2n) is 5.79. The van der Waals surface area contributed by atoms with Gasteiger partial charge in [0.05, 0.1) is 11.0 Å². The minimum absolute atomic E-state index is 0.108. The van der Waals surface area contributed by atoms with Crippen LogP contribution in [-0.4, -0.2) is 34.1 Å². The molecule has 1 aliphatic heterocycles. The molecule has 1 heterocycles. The van der Waals surface area contributed by atoms with Gasteiger partial charge >= 0.3 is 5.69 Å². The van der Waals surface area contributed by atoms with Gasteiger partial charge in [0.2, 0.25) is 5.75 Å². The third-order valence-electron chi connectivity index (χ3n) is 3.92. The van der Waals surface area contributed by atoms with Crippen molar-refractivity contribution in [2.45, 2.75) is 19.1 Å². The van der Waals surface area contributed by atoms with E-state index in [-0.39, 0.29) is 17.5 Å². The Morgan fingerprint density at radius 3 is 2.67 bits per heavy atom. The van der Waals surface area contributed by atoms with Gasteiger partial charge in [-0.2, -0.15) is 0 Å². The summed E-state index contributed by atoms with van der Waals surface area (Å²) < 4.78 is 18.4. The van der Waals surface area contributed by atoms with Gasteiger partial charge in [-0.05, 0) is 42.3 Å². The third-order valence-corrected chi connectivity index (χ3v) is 3.92. The second-order valence-corrected chi connectivity index (χ2v) is 5.79. The predicted octanol–water partition coefficient (Wildman–Crippen LogP) is 3.09. The zero-order valence-corrected chi connectivity index (χ0v) is 12.9. The Morgan fingerprint density at radius 2 is 2.04 bits per heavy atom. The Labute approximate surface area is 138 Å². The first kappa shape index (κ1) is 16.4. The van der Waals surface area contributed by atoms with Crippen LogP contribution in [0.15, 0.2) is 42.5 Å². The summed E-state index contributed by atoms with van der Waals surface area (Å²) in [4.78, 5) is 12.9. The molecule has 1 atom stereocenters. The van der Waals surface area contributed by atoms with Crippen molar-refractivity contribution < 1.29 is 19.2 Å². The maximum atomic E-state index is 12.9. The molecule has 126 valence electrons. The van der Waals surface area contributed by atoms with Gasteiger partial charge in [0, 0.05) is 25.7 Å². The topological polar surface area (TPSA) is 75.8 Å². The van der Waals surface area contributed by atoms with Crippen LogP contribution in [-0.2, 0) is 6.54 Å². The molecule has 7 heteroatoms. The molecule has 0 aromatic heterocycles. The largest absolute Gasteiger partial charge is 0.450 e. The van der Waals surface area contributed by atoms with Crippen LogP contribution in [0.25, 0.3) is 0 Å². The number of β-amino-alcohol motifs (C(OH)–C–C–N with tert-alkyl or cyclic N) is 1. The molecule has 1 aliphatic rings. The number of rotatable bonds is 5. The molecule has 0 unspecified atom stereocenters. The zero-order chi connectivity index (χ0) is 17.1. The Morgan fingerprint density at radius 1 is 1.29 bits per heavy atom. The average molecular weight is 332 g/mol. The van der Waals surface area contributed by atoms with Crippen molar-refractivity contribution in [1.29, 1.82) is 0 Å². The van der Waals surface area contributed by atoms with Crippen molar-refractivity contribution in [3.63, 3.8) is 0 Å². The van der Waals surface area contributed by atoms with Crippen molar-refractivity contribution in [1.82, 2.24) is 4.90 Å². The minimum Gasteiger partial charge on any atom is -0.450 e. The summed E-state index contributed by atoms with van der Waals surface area (Å²) in [5.41, 5.74) is 0.638. The fourth-order valence-electron chi connectivity index (χ4n) is 2.73. The highest BCUT2D eigenvalue weighted by atomic mass is 19.1. The van der Waals surface area contributed by atoms with E-state index in [9.17, 15) is 19.6 Å². The number of hydrogen-bond donors (Lipinski definition) is 1. The quantitative estimate of drug-likeness (QED) is 0.672. The van der Waals surface area contributed by atoms with E-state index in [4.69, 9.17) is 4.74 Å². The van der Waals surface area contributed by atoms with Crippen molar-refractivity contribution in [2.75, 3.05) is 13.1 Å². The van der Waals surface area contributed by atoms with Crippen LogP contribution in [0.3, 0.4) is 0 Å². The number of halogens is 1. The number of ether oxygens (including phenoxy) is 1. The van der Waals surface area contributed by atoms with E-state index in [0.29, 0.717) is 25.3 Å². The van der Waals surface area contributed by atoms with E-state index >= 15 is 0 Å². The summed E-state index contributed by atoms with van der Waals surface area (Å²) in [7, 11) is 0. The Balaban J connectivity index is 1.79. The third kappa shape index (κ3) is 3.87. The first-order valence-corrected chi connectivity index (χ1v) is 7.62. The van der Waals surface area contributed by atoms with Crippen molar-refractivity contribution in [3.8, 4) is 11.5 Å². The molecule has 1 fully saturated rings. The van der Waals surface area contributed by atoms with Gasteiger partial charge in [0.1, 0.15) is 11.6 Å². The van der Waals surface area contributed by atoms with Gasteiger partial charge < -0.3 is 9.84 Å². The molecule has 0 spiro atoms. The van der Waals surface area contributed by atoms with Crippen LogP contribution in [0.2, 0.25) is 0 Å². The molecule has 3 rings (SSSR count). The van der Waals surface area contributed by atoms with Gasteiger partial charge in [-0.3, -0.25) is 15.0 Å². The lowest BCUT2D eigenvalue weighted by molar-refractivity contribution is -0.385. The number of nitrogens with zero attached hydrogens (tertiary/aromatic N) is 2. The Hall–Kier alpha value is -2.51. The second kappa shape index (κ2) is 6.94. The van der Waals surface area contributed by atoms with Gasteiger partial charge in [-0.15, -0.1) is 0 Å². The van der Waals surface area contributed by atoms with E-state index in [1.54, 1.807) is 12.1 Å². The summed E-state index contributed by atoms with van der Waals surface area (Å²) in [6, 6.07) is 10.1. The van der Waals surface area contributed by atoms with E-state index in [2.05, 4.69) is 0 Å². The van der Waals surface area contributed by atoms with Crippen molar-refractivity contribution >= 4 is 5.69 Å². The van der Waals surface area contributed by atoms with Gasteiger partial charge in [-0.1, -0.05) is 6.07 Å². The SMILES string of the molecule is O=[N+]([O-])c1cc(CN2CC[C@@H](O)C2)ccc1Oc1ccc(F)cc1. The standard InChI is InChI=1S/C17H17FN2O4/c18-13-2-4-15(5-3-13)24-17-6-1-12(9-16(17)20(22)23)10-19-8-7-14(21)11-19/h1-6,9,14,21H,7-8,10-11H2/t14-/m1/s1. The highest BCUT2D eigenvalue weighted by Gasteiger charge is 2.22. The van der Waals surface area contributed by atoms with Gasteiger partial charge in [-0.25, -0.2) is 4.39 Å². The smallest absolute Gasteiger partial charge is 0.311 e. The molecule has 1 N–H and O–H groups in total.